The van der Waals surface area contributed by atoms with Crippen LogP contribution in [0.3, 0.4) is 0 Å². The molecule has 0 saturated heterocycles. The van der Waals surface area contributed by atoms with Crippen molar-refractivity contribution in [1.82, 2.24) is 10.3 Å². The third kappa shape index (κ3) is 5.28. The highest BCUT2D eigenvalue weighted by Gasteiger charge is 2.09. The summed E-state index contributed by atoms with van der Waals surface area (Å²) in [6.07, 6.45) is 0.136. The van der Waals surface area contributed by atoms with E-state index in [0.29, 0.717) is 21.4 Å². The summed E-state index contributed by atoms with van der Waals surface area (Å²) in [4.78, 5) is 39.5. The van der Waals surface area contributed by atoms with Crippen LogP contribution in [0.2, 0.25) is 5.02 Å². The van der Waals surface area contributed by atoms with Crippen LogP contribution in [0.1, 0.15) is 23.7 Å². The lowest BCUT2D eigenvalue weighted by molar-refractivity contribution is -0.116. The van der Waals surface area contributed by atoms with Crippen molar-refractivity contribution in [2.45, 2.75) is 13.3 Å². The standard InChI is InChI=1S/C19H17ClN4O3S/c1-11(25)22-19-24-15-7-6-14(10-16(15)28-19)23-17(26)8-9-21-18(27)12-2-4-13(20)5-3-12/h2-7,10H,8-9H2,1H3,(H,21,27)(H,23,26)(H,22,24,25). The van der Waals surface area contributed by atoms with Gasteiger partial charge < -0.3 is 16.0 Å². The summed E-state index contributed by atoms with van der Waals surface area (Å²) in [6, 6.07) is 11.8. The molecule has 0 bridgehead atoms. The number of amides is 3. The average molecular weight is 417 g/mol. The number of aromatic nitrogens is 1. The molecule has 144 valence electrons. The number of nitrogens with one attached hydrogen (secondary N) is 3. The SMILES string of the molecule is CC(=O)Nc1nc2ccc(NC(=O)CCNC(=O)c3ccc(Cl)cc3)cc2s1. The Morgan fingerprint density at radius 3 is 2.54 bits per heavy atom. The van der Waals surface area contributed by atoms with Crippen molar-refractivity contribution in [3.63, 3.8) is 0 Å². The Kier molecular flexibility index (Phi) is 6.23. The van der Waals surface area contributed by atoms with Crippen LogP contribution >= 0.6 is 22.9 Å². The topological polar surface area (TPSA) is 100 Å². The van der Waals surface area contributed by atoms with Crippen molar-refractivity contribution in [2.24, 2.45) is 0 Å². The number of thiazole rings is 1. The first-order valence-electron chi connectivity index (χ1n) is 8.42. The molecule has 0 fully saturated rings. The van der Waals surface area contributed by atoms with Gasteiger partial charge in [0.05, 0.1) is 10.2 Å². The van der Waals surface area contributed by atoms with Gasteiger partial charge in [-0.25, -0.2) is 4.98 Å². The van der Waals surface area contributed by atoms with Crippen molar-refractivity contribution < 1.29 is 14.4 Å². The van der Waals surface area contributed by atoms with Crippen LogP contribution in [0.15, 0.2) is 42.5 Å². The Labute approximate surface area is 170 Å². The Hall–Kier alpha value is -2.97. The molecule has 0 aliphatic heterocycles. The molecule has 0 aliphatic rings. The molecule has 28 heavy (non-hydrogen) atoms. The maximum Gasteiger partial charge on any atom is 0.251 e. The van der Waals surface area contributed by atoms with Crippen molar-refractivity contribution in [1.29, 1.82) is 0 Å². The number of nitrogens with zero attached hydrogens (tertiary/aromatic N) is 1. The summed E-state index contributed by atoms with van der Waals surface area (Å²) >= 11 is 7.12. The Morgan fingerprint density at radius 2 is 1.82 bits per heavy atom. The third-order valence-electron chi connectivity index (χ3n) is 3.70. The molecular weight excluding hydrogens is 400 g/mol. The van der Waals surface area contributed by atoms with Gasteiger partial charge in [0.1, 0.15) is 0 Å². The first-order chi connectivity index (χ1) is 13.4. The molecule has 3 rings (SSSR count). The highest BCUT2D eigenvalue weighted by Crippen LogP contribution is 2.28. The fraction of sp³-hybridized carbons (Fsp3) is 0.158. The quantitative estimate of drug-likeness (QED) is 0.570. The molecule has 1 heterocycles. The van der Waals surface area contributed by atoms with Crippen molar-refractivity contribution >= 4 is 61.7 Å². The number of hydrogen-bond acceptors (Lipinski definition) is 5. The Bertz CT molecular complexity index is 1030. The third-order valence-corrected chi connectivity index (χ3v) is 4.88. The minimum Gasteiger partial charge on any atom is -0.352 e. The maximum absolute atomic E-state index is 12.1. The summed E-state index contributed by atoms with van der Waals surface area (Å²) in [6.45, 7) is 1.63. The van der Waals surface area contributed by atoms with E-state index in [2.05, 4.69) is 20.9 Å². The second-order valence-electron chi connectivity index (χ2n) is 5.94. The molecule has 3 amide bonds. The lowest BCUT2D eigenvalue weighted by atomic mass is 10.2. The van der Waals surface area contributed by atoms with Gasteiger partial charge >= 0.3 is 0 Å². The molecule has 2 aromatic carbocycles. The first kappa shape index (κ1) is 19.8. The van der Waals surface area contributed by atoms with Gasteiger partial charge in [-0.3, -0.25) is 14.4 Å². The lowest BCUT2D eigenvalue weighted by Crippen LogP contribution is -2.27. The second kappa shape index (κ2) is 8.81. The molecule has 0 atom stereocenters. The number of halogens is 1. The molecule has 0 saturated carbocycles. The van der Waals surface area contributed by atoms with Crippen LogP contribution in [0.4, 0.5) is 10.8 Å². The zero-order valence-corrected chi connectivity index (χ0v) is 16.5. The summed E-state index contributed by atoms with van der Waals surface area (Å²) in [7, 11) is 0. The van der Waals surface area contributed by atoms with Crippen molar-refractivity contribution in [3.05, 3.63) is 53.1 Å². The van der Waals surface area contributed by atoms with E-state index in [0.717, 1.165) is 10.2 Å². The molecule has 3 N–H and O–H groups in total. The van der Waals surface area contributed by atoms with E-state index in [1.807, 2.05) is 0 Å². The van der Waals surface area contributed by atoms with Gasteiger partial charge in [0.25, 0.3) is 5.91 Å². The fourth-order valence-corrected chi connectivity index (χ4v) is 3.50. The number of anilines is 2. The zero-order chi connectivity index (χ0) is 20.1. The number of fused-ring (bicyclic) bond motifs is 1. The van der Waals surface area contributed by atoms with Crippen LogP contribution in [0, 0.1) is 0 Å². The van der Waals surface area contributed by atoms with Gasteiger partial charge in [0.15, 0.2) is 5.13 Å². The van der Waals surface area contributed by atoms with Crippen LogP contribution < -0.4 is 16.0 Å². The van der Waals surface area contributed by atoms with Crippen LogP contribution in [0.25, 0.3) is 10.2 Å². The van der Waals surface area contributed by atoms with Gasteiger partial charge in [0, 0.05) is 36.2 Å². The molecule has 0 radical (unpaired) electrons. The van der Waals surface area contributed by atoms with Crippen LogP contribution in [0.5, 0.6) is 0 Å². The Balaban J connectivity index is 1.52. The van der Waals surface area contributed by atoms with E-state index < -0.39 is 0 Å². The van der Waals surface area contributed by atoms with E-state index in [4.69, 9.17) is 11.6 Å². The number of benzene rings is 2. The van der Waals surface area contributed by atoms with Crippen molar-refractivity contribution in [3.8, 4) is 0 Å². The summed E-state index contributed by atoms with van der Waals surface area (Å²) in [5.74, 6) is -0.670. The predicted molar refractivity (Wildman–Crippen MR) is 111 cm³/mol. The average Bonchev–Trinajstić information content (AvgIpc) is 3.02. The van der Waals surface area contributed by atoms with Crippen molar-refractivity contribution in [2.75, 3.05) is 17.2 Å². The molecule has 9 heteroatoms. The highest BCUT2D eigenvalue weighted by atomic mass is 35.5. The minimum atomic E-state index is -0.263. The molecular formula is C19H17ClN4O3S. The Morgan fingerprint density at radius 1 is 1.07 bits per heavy atom. The monoisotopic (exact) mass is 416 g/mol. The smallest absolute Gasteiger partial charge is 0.251 e. The fourth-order valence-electron chi connectivity index (χ4n) is 2.42. The molecule has 1 aromatic heterocycles. The van der Waals surface area contributed by atoms with E-state index in [1.54, 1.807) is 42.5 Å². The first-order valence-corrected chi connectivity index (χ1v) is 9.62. The second-order valence-corrected chi connectivity index (χ2v) is 7.41. The molecule has 0 aliphatic carbocycles. The van der Waals surface area contributed by atoms with Gasteiger partial charge in [-0.15, -0.1) is 0 Å². The van der Waals surface area contributed by atoms with Gasteiger partial charge in [0.2, 0.25) is 11.8 Å². The highest BCUT2D eigenvalue weighted by molar-refractivity contribution is 7.22. The molecule has 0 spiro atoms. The van der Waals surface area contributed by atoms with E-state index >= 15 is 0 Å². The van der Waals surface area contributed by atoms with E-state index in [9.17, 15) is 14.4 Å². The normalized spacial score (nSPS) is 10.5. The number of carbonyl (C=O) groups excluding carboxylic acids is 3. The minimum absolute atomic E-state index is 0.136. The molecule has 7 nitrogen and oxygen atoms in total. The number of carbonyl (C=O) groups is 3. The molecule has 0 unspecified atom stereocenters. The summed E-state index contributed by atoms with van der Waals surface area (Å²) < 4.78 is 0.845. The summed E-state index contributed by atoms with van der Waals surface area (Å²) in [5.41, 5.74) is 1.84. The lowest BCUT2D eigenvalue weighted by Gasteiger charge is -2.07. The molecule has 3 aromatic rings. The van der Waals surface area contributed by atoms with Crippen LogP contribution in [-0.4, -0.2) is 29.3 Å². The van der Waals surface area contributed by atoms with Crippen LogP contribution in [-0.2, 0) is 9.59 Å². The van der Waals surface area contributed by atoms with Gasteiger partial charge in [-0.2, -0.15) is 0 Å². The zero-order valence-electron chi connectivity index (χ0n) is 14.9. The van der Waals surface area contributed by atoms with E-state index in [1.165, 1.54) is 18.3 Å². The number of rotatable bonds is 6. The largest absolute Gasteiger partial charge is 0.352 e. The van der Waals surface area contributed by atoms with Gasteiger partial charge in [-0.05, 0) is 42.5 Å². The van der Waals surface area contributed by atoms with Gasteiger partial charge in [-0.1, -0.05) is 22.9 Å². The number of hydrogen-bond donors (Lipinski definition) is 3. The predicted octanol–water partition coefficient (Wildman–Crippen LogP) is 3.67. The maximum atomic E-state index is 12.1. The summed E-state index contributed by atoms with van der Waals surface area (Å²) in [5, 5.41) is 9.19. The van der Waals surface area contributed by atoms with E-state index in [-0.39, 0.29) is 30.7 Å².